The minimum atomic E-state index is -0.492. The fraction of sp³-hybridized carbons (Fsp3) is 0.467. The van der Waals surface area contributed by atoms with Crippen molar-refractivity contribution in [2.24, 2.45) is 0 Å². The van der Waals surface area contributed by atoms with Crippen LogP contribution in [0.15, 0.2) is 18.3 Å². The van der Waals surface area contributed by atoms with Gasteiger partial charge in [0.2, 0.25) is 0 Å². The van der Waals surface area contributed by atoms with Gasteiger partial charge in [-0.2, -0.15) is 0 Å². The molecular formula is C15H21N5O2. The number of pyridine rings is 1. The van der Waals surface area contributed by atoms with E-state index in [2.05, 4.69) is 5.32 Å². The van der Waals surface area contributed by atoms with Gasteiger partial charge >= 0.3 is 0 Å². The van der Waals surface area contributed by atoms with E-state index in [0.29, 0.717) is 11.6 Å². The molecule has 0 atom stereocenters. The van der Waals surface area contributed by atoms with Crippen molar-refractivity contribution in [3.63, 3.8) is 0 Å². The molecule has 0 aliphatic heterocycles. The second kappa shape index (κ2) is 6.23. The van der Waals surface area contributed by atoms with Crippen molar-refractivity contribution in [1.29, 1.82) is 0 Å². The molecule has 5 N–H and O–H groups in total. The van der Waals surface area contributed by atoms with Gasteiger partial charge in [0.1, 0.15) is 11.5 Å². The first-order valence-electron chi connectivity index (χ1n) is 7.63. The van der Waals surface area contributed by atoms with Crippen LogP contribution in [0.1, 0.15) is 43.7 Å². The van der Waals surface area contributed by atoms with Gasteiger partial charge in [0, 0.05) is 17.8 Å². The van der Waals surface area contributed by atoms with Gasteiger partial charge in [0.25, 0.3) is 5.91 Å². The number of carbonyl (C=O) groups excluding carboxylic acids is 1. The maximum Gasteiger partial charge on any atom is 0.262 e. The Bertz CT molecular complexity index is 676. The molecule has 2 heterocycles. The van der Waals surface area contributed by atoms with E-state index in [1.54, 1.807) is 11.7 Å². The molecule has 1 amide bonds. The van der Waals surface area contributed by atoms with Gasteiger partial charge in [0.05, 0.1) is 12.2 Å². The first-order valence-corrected chi connectivity index (χ1v) is 7.63. The molecule has 22 heavy (non-hydrogen) atoms. The lowest BCUT2D eigenvalue weighted by molar-refractivity contribution is -0.127. The molecule has 1 fully saturated rings. The molecule has 2 aromatic heterocycles. The fourth-order valence-electron chi connectivity index (χ4n) is 3.12. The molecule has 3 rings (SSSR count). The van der Waals surface area contributed by atoms with Crippen molar-refractivity contribution in [3.05, 3.63) is 24.0 Å². The number of hydrogen-bond donors (Lipinski definition) is 4. The molecule has 0 bridgehead atoms. The highest BCUT2D eigenvalue weighted by Crippen LogP contribution is 2.36. The number of carbonyl (C=O) groups is 1. The molecule has 1 aliphatic rings. The van der Waals surface area contributed by atoms with E-state index in [4.69, 9.17) is 15.9 Å². The Hall–Kier alpha value is -2.28. The maximum absolute atomic E-state index is 11.3. The SMILES string of the molecule is Nc1ccc2nc(C3CCCCC3)c(NCC(=O)NO)n2c1. The lowest BCUT2D eigenvalue weighted by atomic mass is 9.87. The summed E-state index contributed by atoms with van der Waals surface area (Å²) in [5.74, 6) is 0.695. The van der Waals surface area contributed by atoms with Gasteiger partial charge in [-0.15, -0.1) is 0 Å². The first-order chi connectivity index (χ1) is 10.7. The predicted molar refractivity (Wildman–Crippen MR) is 83.8 cm³/mol. The summed E-state index contributed by atoms with van der Waals surface area (Å²) in [7, 11) is 0. The number of nitrogens with two attached hydrogens (primary N) is 1. The average molecular weight is 303 g/mol. The monoisotopic (exact) mass is 303 g/mol. The van der Waals surface area contributed by atoms with E-state index in [0.717, 1.165) is 30.0 Å². The van der Waals surface area contributed by atoms with E-state index in [-0.39, 0.29) is 6.54 Å². The van der Waals surface area contributed by atoms with Gasteiger partial charge in [-0.05, 0) is 25.0 Å². The second-order valence-corrected chi connectivity index (χ2v) is 5.76. The highest BCUT2D eigenvalue weighted by atomic mass is 16.5. The van der Waals surface area contributed by atoms with Gasteiger partial charge < -0.3 is 11.1 Å². The van der Waals surface area contributed by atoms with Gasteiger partial charge in [-0.1, -0.05) is 19.3 Å². The van der Waals surface area contributed by atoms with Crippen molar-refractivity contribution in [2.45, 2.75) is 38.0 Å². The highest BCUT2D eigenvalue weighted by molar-refractivity contribution is 5.79. The number of imidazole rings is 1. The molecule has 2 aromatic rings. The summed E-state index contributed by atoms with van der Waals surface area (Å²) in [5, 5.41) is 11.7. The zero-order chi connectivity index (χ0) is 15.5. The van der Waals surface area contributed by atoms with E-state index in [1.807, 2.05) is 16.5 Å². The number of amides is 1. The van der Waals surface area contributed by atoms with Gasteiger partial charge in [-0.25, -0.2) is 10.5 Å². The Morgan fingerprint density at radius 3 is 2.86 bits per heavy atom. The Morgan fingerprint density at radius 2 is 2.14 bits per heavy atom. The third kappa shape index (κ3) is 2.85. The quantitative estimate of drug-likeness (QED) is 0.510. The van der Waals surface area contributed by atoms with Crippen molar-refractivity contribution in [1.82, 2.24) is 14.9 Å². The van der Waals surface area contributed by atoms with Gasteiger partial charge in [-0.3, -0.25) is 14.4 Å². The van der Waals surface area contributed by atoms with Crippen molar-refractivity contribution in [2.75, 3.05) is 17.6 Å². The Labute approximate surface area is 128 Å². The largest absolute Gasteiger partial charge is 0.398 e. The minimum Gasteiger partial charge on any atom is -0.398 e. The van der Waals surface area contributed by atoms with Crippen molar-refractivity contribution < 1.29 is 10.0 Å². The van der Waals surface area contributed by atoms with E-state index in [1.165, 1.54) is 19.3 Å². The Balaban J connectivity index is 1.99. The zero-order valence-corrected chi connectivity index (χ0v) is 12.4. The van der Waals surface area contributed by atoms with Crippen LogP contribution in [0.2, 0.25) is 0 Å². The molecule has 1 aliphatic carbocycles. The third-order valence-electron chi connectivity index (χ3n) is 4.20. The number of rotatable bonds is 4. The standard InChI is InChI=1S/C15H21N5O2/c16-11-6-7-12-18-14(10-4-2-1-3-5-10)15(20(12)9-11)17-8-13(21)19-22/h6-7,9-10,17,22H,1-5,8,16H2,(H,19,21). The summed E-state index contributed by atoms with van der Waals surface area (Å²) in [6.07, 6.45) is 7.70. The summed E-state index contributed by atoms with van der Waals surface area (Å²) in [6.45, 7) is -0.0151. The van der Waals surface area contributed by atoms with E-state index in [9.17, 15) is 4.79 Å². The number of hydrogen-bond acceptors (Lipinski definition) is 5. The fourth-order valence-corrected chi connectivity index (χ4v) is 3.12. The molecule has 118 valence electrons. The van der Waals surface area contributed by atoms with E-state index < -0.39 is 5.91 Å². The molecule has 7 nitrogen and oxygen atoms in total. The zero-order valence-electron chi connectivity index (χ0n) is 12.4. The van der Waals surface area contributed by atoms with Crippen LogP contribution < -0.4 is 16.5 Å². The first kappa shape index (κ1) is 14.6. The third-order valence-corrected chi connectivity index (χ3v) is 4.20. The van der Waals surface area contributed by atoms with Crippen LogP contribution in [0.25, 0.3) is 5.65 Å². The lowest BCUT2D eigenvalue weighted by Gasteiger charge is -2.21. The van der Waals surface area contributed by atoms with E-state index >= 15 is 0 Å². The molecular weight excluding hydrogens is 282 g/mol. The summed E-state index contributed by atoms with van der Waals surface area (Å²) in [4.78, 5) is 16.1. The normalized spacial score (nSPS) is 15.9. The van der Waals surface area contributed by atoms with Crippen LogP contribution in [-0.2, 0) is 4.79 Å². The number of nitrogen functional groups attached to an aromatic ring is 1. The van der Waals surface area contributed by atoms with Crippen LogP contribution in [0.4, 0.5) is 11.5 Å². The number of anilines is 2. The van der Waals surface area contributed by atoms with Crippen LogP contribution in [0, 0.1) is 0 Å². The molecule has 0 spiro atoms. The molecule has 0 radical (unpaired) electrons. The second-order valence-electron chi connectivity index (χ2n) is 5.76. The molecule has 7 heteroatoms. The summed E-state index contributed by atoms with van der Waals surface area (Å²) >= 11 is 0. The maximum atomic E-state index is 11.3. The predicted octanol–water partition coefficient (Wildman–Crippen LogP) is 1.88. The van der Waals surface area contributed by atoms with Crippen LogP contribution in [0.5, 0.6) is 0 Å². The van der Waals surface area contributed by atoms with Crippen LogP contribution >= 0.6 is 0 Å². The molecule has 0 unspecified atom stereocenters. The van der Waals surface area contributed by atoms with Gasteiger partial charge in [0.15, 0.2) is 0 Å². The smallest absolute Gasteiger partial charge is 0.262 e. The Kier molecular flexibility index (Phi) is 4.15. The average Bonchev–Trinajstić information content (AvgIpc) is 2.91. The highest BCUT2D eigenvalue weighted by Gasteiger charge is 2.23. The Morgan fingerprint density at radius 1 is 1.36 bits per heavy atom. The number of fused-ring (bicyclic) bond motifs is 1. The molecule has 1 saturated carbocycles. The lowest BCUT2D eigenvalue weighted by Crippen LogP contribution is -2.27. The van der Waals surface area contributed by atoms with Crippen molar-refractivity contribution in [3.8, 4) is 0 Å². The topological polar surface area (TPSA) is 105 Å². The molecule has 0 saturated heterocycles. The number of aromatic nitrogens is 2. The summed E-state index contributed by atoms with van der Waals surface area (Å²) in [6, 6.07) is 3.69. The van der Waals surface area contributed by atoms with Crippen LogP contribution in [-0.4, -0.2) is 27.0 Å². The molecule has 0 aromatic carbocycles. The minimum absolute atomic E-state index is 0.0151. The van der Waals surface area contributed by atoms with Crippen molar-refractivity contribution >= 4 is 23.1 Å². The summed E-state index contributed by atoms with van der Waals surface area (Å²) in [5.41, 5.74) is 9.92. The number of hydroxylamine groups is 1. The summed E-state index contributed by atoms with van der Waals surface area (Å²) < 4.78 is 1.88. The van der Waals surface area contributed by atoms with Crippen LogP contribution in [0.3, 0.4) is 0 Å². The number of nitrogens with one attached hydrogen (secondary N) is 2. The number of nitrogens with zero attached hydrogens (tertiary/aromatic N) is 2.